The molecule has 2 aliphatic rings. The lowest BCUT2D eigenvalue weighted by molar-refractivity contribution is -0.123. The predicted octanol–water partition coefficient (Wildman–Crippen LogP) is 3.61. The Bertz CT molecular complexity index is 643. The van der Waals surface area contributed by atoms with E-state index in [0.29, 0.717) is 25.7 Å². The molecule has 2 fully saturated rings. The van der Waals surface area contributed by atoms with Gasteiger partial charge in [-0.15, -0.1) is 0 Å². The molecule has 2 atom stereocenters. The molecule has 1 amide bonds. The maximum atomic E-state index is 12.8. The van der Waals surface area contributed by atoms with Gasteiger partial charge < -0.3 is 10.4 Å². The molecule has 2 N–H and O–H groups in total. The molecular weight excluding hydrogens is 386 g/mol. The molecule has 3 rings (SSSR count). The van der Waals surface area contributed by atoms with Crippen LogP contribution >= 0.6 is 11.6 Å². The Balaban J connectivity index is 1.61. The highest BCUT2D eigenvalue weighted by molar-refractivity contribution is 6.31. The summed E-state index contributed by atoms with van der Waals surface area (Å²) in [5.41, 5.74) is 1.09. The largest absolute Gasteiger partial charge is 0.392 e. The van der Waals surface area contributed by atoms with E-state index in [1.165, 1.54) is 32.1 Å². The molecule has 1 saturated carbocycles. The summed E-state index contributed by atoms with van der Waals surface area (Å²) < 4.78 is 0. The van der Waals surface area contributed by atoms with E-state index in [9.17, 15) is 9.90 Å². The fourth-order valence-electron chi connectivity index (χ4n) is 4.81. The van der Waals surface area contributed by atoms with Crippen molar-refractivity contribution in [2.45, 2.75) is 70.1 Å². The minimum absolute atomic E-state index is 0.0347. The highest BCUT2D eigenvalue weighted by Gasteiger charge is 2.27. The van der Waals surface area contributed by atoms with Gasteiger partial charge in [0, 0.05) is 24.2 Å². The lowest BCUT2D eigenvalue weighted by atomic mass is 9.94. The van der Waals surface area contributed by atoms with Gasteiger partial charge in [-0.05, 0) is 57.3 Å². The molecule has 1 heterocycles. The third-order valence-electron chi connectivity index (χ3n) is 6.27. The summed E-state index contributed by atoms with van der Waals surface area (Å²) in [7, 11) is 0. The smallest absolute Gasteiger partial charge is 0.234 e. The van der Waals surface area contributed by atoms with Crippen LogP contribution in [0.2, 0.25) is 5.02 Å². The number of rotatable bonds is 9. The van der Waals surface area contributed by atoms with Gasteiger partial charge in [0.05, 0.1) is 18.7 Å². The van der Waals surface area contributed by atoms with Crippen molar-refractivity contribution in [3.05, 3.63) is 34.9 Å². The molecule has 0 radical (unpaired) electrons. The predicted molar refractivity (Wildman–Crippen MR) is 118 cm³/mol. The molecule has 1 aliphatic carbocycles. The van der Waals surface area contributed by atoms with Crippen molar-refractivity contribution in [3.8, 4) is 0 Å². The van der Waals surface area contributed by atoms with Crippen LogP contribution in [0.4, 0.5) is 0 Å². The average molecular weight is 422 g/mol. The number of amides is 1. The zero-order valence-corrected chi connectivity index (χ0v) is 18.4. The summed E-state index contributed by atoms with van der Waals surface area (Å²) in [5, 5.41) is 13.8. The normalized spacial score (nSPS) is 20.7. The molecule has 6 heteroatoms. The van der Waals surface area contributed by atoms with Gasteiger partial charge in [-0.1, -0.05) is 49.1 Å². The summed E-state index contributed by atoms with van der Waals surface area (Å²) in [4.78, 5) is 17.4. The molecule has 162 valence electrons. The van der Waals surface area contributed by atoms with Crippen LogP contribution in [0.1, 0.15) is 63.5 Å². The first-order valence-corrected chi connectivity index (χ1v) is 11.6. The van der Waals surface area contributed by atoms with Crippen LogP contribution in [0.25, 0.3) is 0 Å². The number of benzene rings is 1. The van der Waals surface area contributed by atoms with E-state index in [1.54, 1.807) is 6.92 Å². The van der Waals surface area contributed by atoms with Gasteiger partial charge in [-0.25, -0.2) is 0 Å². The Morgan fingerprint density at radius 1 is 1.21 bits per heavy atom. The van der Waals surface area contributed by atoms with E-state index < -0.39 is 6.10 Å². The van der Waals surface area contributed by atoms with Gasteiger partial charge in [0.1, 0.15) is 0 Å². The fraction of sp³-hybridized carbons (Fsp3) is 0.696. The highest BCUT2D eigenvalue weighted by atomic mass is 35.5. The van der Waals surface area contributed by atoms with E-state index in [1.807, 2.05) is 18.2 Å². The monoisotopic (exact) mass is 421 g/mol. The van der Waals surface area contributed by atoms with E-state index in [4.69, 9.17) is 11.6 Å². The average Bonchev–Trinajstić information content (AvgIpc) is 3.24. The molecule has 1 saturated heterocycles. The number of hydrogen-bond donors (Lipinski definition) is 2. The van der Waals surface area contributed by atoms with Gasteiger partial charge in [-0.3, -0.25) is 14.6 Å². The maximum Gasteiger partial charge on any atom is 0.234 e. The molecule has 0 spiro atoms. The summed E-state index contributed by atoms with van der Waals surface area (Å²) >= 11 is 6.48. The number of hydrogen-bond acceptors (Lipinski definition) is 4. The first-order valence-electron chi connectivity index (χ1n) is 11.2. The van der Waals surface area contributed by atoms with Crippen LogP contribution in [0.3, 0.4) is 0 Å². The first-order chi connectivity index (χ1) is 14.0. The van der Waals surface area contributed by atoms with Crippen LogP contribution in [-0.4, -0.2) is 65.7 Å². The number of halogens is 1. The highest BCUT2D eigenvalue weighted by Crippen LogP contribution is 2.29. The van der Waals surface area contributed by atoms with Gasteiger partial charge in [0.2, 0.25) is 5.91 Å². The van der Waals surface area contributed by atoms with Crippen molar-refractivity contribution in [1.29, 1.82) is 0 Å². The van der Waals surface area contributed by atoms with Crippen molar-refractivity contribution < 1.29 is 9.90 Å². The van der Waals surface area contributed by atoms with Gasteiger partial charge >= 0.3 is 0 Å². The van der Waals surface area contributed by atoms with Crippen LogP contribution in [0, 0.1) is 0 Å². The van der Waals surface area contributed by atoms with Crippen molar-refractivity contribution in [2.24, 2.45) is 0 Å². The molecule has 0 bridgehead atoms. The third kappa shape index (κ3) is 6.68. The Morgan fingerprint density at radius 3 is 2.55 bits per heavy atom. The van der Waals surface area contributed by atoms with Crippen molar-refractivity contribution >= 4 is 17.5 Å². The SMILES string of the molecule is CC(O)CN(CC(=O)NCC(c1ccccc1Cl)N1CCCC1)C1CCCCC1. The van der Waals surface area contributed by atoms with Crippen LogP contribution in [0.15, 0.2) is 24.3 Å². The third-order valence-corrected chi connectivity index (χ3v) is 6.62. The van der Waals surface area contributed by atoms with Crippen molar-refractivity contribution in [3.63, 3.8) is 0 Å². The van der Waals surface area contributed by atoms with Crippen LogP contribution in [0.5, 0.6) is 0 Å². The van der Waals surface area contributed by atoms with E-state index >= 15 is 0 Å². The van der Waals surface area contributed by atoms with E-state index in [-0.39, 0.29) is 11.9 Å². The molecule has 0 aromatic heterocycles. The van der Waals surface area contributed by atoms with Crippen LogP contribution < -0.4 is 5.32 Å². The Labute approximate surface area is 180 Å². The van der Waals surface area contributed by atoms with Crippen molar-refractivity contribution in [2.75, 3.05) is 32.7 Å². The number of nitrogens with zero attached hydrogens (tertiary/aromatic N) is 2. The topological polar surface area (TPSA) is 55.8 Å². The Hall–Kier alpha value is -1.14. The summed E-state index contributed by atoms with van der Waals surface area (Å²) in [5.74, 6) is 0.0347. The molecule has 1 aromatic rings. The molecule has 29 heavy (non-hydrogen) atoms. The molecule has 2 unspecified atom stereocenters. The second kappa shape index (κ2) is 11.3. The molecule has 1 aliphatic heterocycles. The van der Waals surface area contributed by atoms with Crippen LogP contribution in [-0.2, 0) is 4.79 Å². The van der Waals surface area contributed by atoms with Gasteiger partial charge in [0.25, 0.3) is 0 Å². The number of likely N-dealkylation sites (tertiary alicyclic amines) is 1. The maximum absolute atomic E-state index is 12.8. The summed E-state index contributed by atoms with van der Waals surface area (Å²) in [6.07, 6.45) is 7.91. The zero-order chi connectivity index (χ0) is 20.6. The number of aliphatic hydroxyl groups excluding tert-OH is 1. The molecular formula is C23H36ClN3O2. The fourth-order valence-corrected chi connectivity index (χ4v) is 5.08. The van der Waals surface area contributed by atoms with Crippen molar-refractivity contribution in [1.82, 2.24) is 15.1 Å². The quantitative estimate of drug-likeness (QED) is 0.639. The summed E-state index contributed by atoms with van der Waals surface area (Å²) in [6, 6.07) is 8.47. The lowest BCUT2D eigenvalue weighted by Crippen LogP contribution is -2.47. The lowest BCUT2D eigenvalue weighted by Gasteiger charge is -2.35. The van der Waals surface area contributed by atoms with Gasteiger partial charge in [-0.2, -0.15) is 0 Å². The standard InChI is InChI=1S/C23H36ClN3O2/c1-18(28)16-27(19-9-3-2-4-10-19)17-23(29)25-15-22(26-13-7-8-14-26)20-11-5-6-12-21(20)24/h5-6,11-12,18-19,22,28H,2-4,7-10,13-17H2,1H3,(H,25,29). The minimum Gasteiger partial charge on any atom is -0.392 e. The number of aliphatic hydroxyl groups is 1. The number of carbonyl (C=O) groups excluding carboxylic acids is 1. The van der Waals surface area contributed by atoms with E-state index in [2.05, 4.69) is 21.2 Å². The van der Waals surface area contributed by atoms with Gasteiger partial charge in [0.15, 0.2) is 0 Å². The van der Waals surface area contributed by atoms with E-state index in [0.717, 1.165) is 36.5 Å². The molecule has 1 aromatic carbocycles. The summed E-state index contributed by atoms with van der Waals surface area (Å²) in [6.45, 7) is 5.36. The second-order valence-corrected chi connectivity index (χ2v) is 9.06. The molecule has 5 nitrogen and oxygen atoms in total. The number of nitrogens with one attached hydrogen (secondary N) is 1. The minimum atomic E-state index is -0.426. The first kappa shape index (κ1) is 22.5. The Morgan fingerprint density at radius 2 is 1.90 bits per heavy atom. The second-order valence-electron chi connectivity index (χ2n) is 8.65. The zero-order valence-electron chi connectivity index (χ0n) is 17.7. The Kier molecular flexibility index (Phi) is 8.79. The number of carbonyl (C=O) groups is 1.